The van der Waals surface area contributed by atoms with Gasteiger partial charge in [-0.15, -0.1) is 0 Å². The van der Waals surface area contributed by atoms with Crippen LogP contribution in [0.3, 0.4) is 0 Å². The number of para-hydroxylation sites is 1. The number of anilines is 1. The first-order valence-electron chi connectivity index (χ1n) is 9.02. The highest BCUT2D eigenvalue weighted by Crippen LogP contribution is 2.33. The van der Waals surface area contributed by atoms with E-state index >= 15 is 0 Å². The van der Waals surface area contributed by atoms with Gasteiger partial charge in [-0.05, 0) is 43.2 Å². The third kappa shape index (κ3) is 3.37. The normalized spacial score (nSPS) is 16.6. The second kappa shape index (κ2) is 7.40. The molecule has 0 fully saturated rings. The van der Waals surface area contributed by atoms with Crippen LogP contribution in [0.1, 0.15) is 36.7 Å². The molecular weight excluding hydrogens is 367 g/mol. The predicted octanol–water partition coefficient (Wildman–Crippen LogP) is 3.45. The maximum Gasteiger partial charge on any atom is 0.258 e. The second-order valence-electron chi connectivity index (χ2n) is 6.59. The number of carbonyl (C=O) groups is 1. The molecule has 1 unspecified atom stereocenters. The van der Waals surface area contributed by atoms with Gasteiger partial charge in [-0.3, -0.25) is 4.79 Å². The lowest BCUT2D eigenvalue weighted by Gasteiger charge is -2.24. The molecule has 0 saturated heterocycles. The molecule has 5 nitrogen and oxygen atoms in total. The zero-order valence-electron chi connectivity index (χ0n) is 15.6. The average molecular weight is 390 g/mol. The largest absolute Gasteiger partial charge is 0.305 e. The number of carbonyl (C=O) groups excluding carboxylic acids is 1. The van der Waals surface area contributed by atoms with Crippen LogP contribution in [-0.4, -0.2) is 37.8 Å². The summed E-state index contributed by atoms with van der Waals surface area (Å²) in [6.07, 6.45) is 0.730. The summed E-state index contributed by atoms with van der Waals surface area (Å²) in [4.78, 5) is 14.3. The van der Waals surface area contributed by atoms with Crippen LogP contribution in [-0.2, 0) is 16.4 Å². The van der Waals surface area contributed by atoms with Gasteiger partial charge in [0.2, 0.25) is 10.0 Å². The molecule has 27 heavy (non-hydrogen) atoms. The van der Waals surface area contributed by atoms with Crippen molar-refractivity contribution in [1.82, 2.24) is 4.31 Å². The second-order valence-corrected chi connectivity index (χ2v) is 8.50. The third-order valence-electron chi connectivity index (χ3n) is 4.93. The van der Waals surface area contributed by atoms with Gasteiger partial charge >= 0.3 is 0 Å². The van der Waals surface area contributed by atoms with E-state index in [2.05, 4.69) is 0 Å². The summed E-state index contributed by atoms with van der Waals surface area (Å²) >= 11 is 0. The van der Waals surface area contributed by atoms with Crippen molar-refractivity contribution in [2.24, 2.45) is 0 Å². The fraction of sp³-hybridized carbons (Fsp3) is 0.350. The van der Waals surface area contributed by atoms with Crippen LogP contribution < -0.4 is 4.90 Å². The average Bonchev–Trinajstić information content (AvgIpc) is 2.97. The number of rotatable bonds is 5. The first-order chi connectivity index (χ1) is 12.8. The minimum absolute atomic E-state index is 0.0530. The van der Waals surface area contributed by atoms with Crippen molar-refractivity contribution in [2.75, 3.05) is 18.0 Å². The minimum atomic E-state index is -4.00. The Bertz CT molecular complexity index is 971. The Morgan fingerprint density at radius 3 is 2.52 bits per heavy atom. The standard InChI is InChI=1S/C20H23FN2O3S/c1-4-22(5-2)27(25,26)19-13-16(10-11-17(19)21)20(24)23-14(3)12-15-8-6-7-9-18(15)23/h6-11,13-14H,4-5,12H2,1-3H3. The molecule has 1 aliphatic rings. The summed E-state index contributed by atoms with van der Waals surface area (Å²) < 4.78 is 41.0. The predicted molar refractivity (Wildman–Crippen MR) is 103 cm³/mol. The number of nitrogens with zero attached hydrogens (tertiary/aromatic N) is 2. The highest BCUT2D eigenvalue weighted by atomic mass is 32.2. The number of amides is 1. The Labute approximate surface area is 159 Å². The van der Waals surface area contributed by atoms with Gasteiger partial charge in [-0.2, -0.15) is 4.31 Å². The first kappa shape index (κ1) is 19.5. The highest BCUT2D eigenvalue weighted by molar-refractivity contribution is 7.89. The van der Waals surface area contributed by atoms with Crippen molar-refractivity contribution < 1.29 is 17.6 Å². The third-order valence-corrected chi connectivity index (χ3v) is 6.99. The molecule has 0 spiro atoms. The van der Waals surface area contributed by atoms with Gasteiger partial charge in [-0.1, -0.05) is 32.0 Å². The summed E-state index contributed by atoms with van der Waals surface area (Å²) in [7, 11) is -4.00. The van der Waals surface area contributed by atoms with E-state index in [1.165, 1.54) is 10.4 Å². The van der Waals surface area contributed by atoms with Gasteiger partial charge in [0.05, 0.1) is 0 Å². The van der Waals surface area contributed by atoms with E-state index in [4.69, 9.17) is 0 Å². The fourth-order valence-corrected chi connectivity index (χ4v) is 5.10. The molecule has 144 valence electrons. The highest BCUT2D eigenvalue weighted by Gasteiger charge is 2.33. The molecular formula is C20H23FN2O3S. The number of hydrogen-bond acceptors (Lipinski definition) is 3. The van der Waals surface area contributed by atoms with Gasteiger partial charge in [0.15, 0.2) is 0 Å². The summed E-state index contributed by atoms with van der Waals surface area (Å²) in [6, 6.07) is 11.1. The molecule has 1 aliphatic heterocycles. The van der Waals surface area contributed by atoms with Gasteiger partial charge < -0.3 is 4.90 Å². The van der Waals surface area contributed by atoms with E-state index in [-0.39, 0.29) is 30.6 Å². The molecule has 0 radical (unpaired) electrons. The smallest absolute Gasteiger partial charge is 0.258 e. The van der Waals surface area contributed by atoms with E-state index in [9.17, 15) is 17.6 Å². The molecule has 1 heterocycles. The van der Waals surface area contributed by atoms with Crippen molar-refractivity contribution in [3.63, 3.8) is 0 Å². The summed E-state index contributed by atoms with van der Waals surface area (Å²) in [5, 5.41) is 0. The Morgan fingerprint density at radius 1 is 1.19 bits per heavy atom. The van der Waals surface area contributed by atoms with Crippen LogP contribution in [0, 0.1) is 5.82 Å². The Kier molecular flexibility index (Phi) is 5.35. The van der Waals surface area contributed by atoms with E-state index in [0.717, 1.165) is 29.8 Å². The topological polar surface area (TPSA) is 57.7 Å². The summed E-state index contributed by atoms with van der Waals surface area (Å²) in [5.41, 5.74) is 2.04. The number of hydrogen-bond donors (Lipinski definition) is 0. The van der Waals surface area contributed by atoms with E-state index in [0.29, 0.717) is 0 Å². The SMILES string of the molecule is CCN(CC)S(=O)(=O)c1cc(C(=O)N2c3ccccc3CC2C)ccc1F. The van der Waals surface area contributed by atoms with Gasteiger partial charge in [-0.25, -0.2) is 12.8 Å². The van der Waals surface area contributed by atoms with Gasteiger partial charge in [0.25, 0.3) is 5.91 Å². The lowest BCUT2D eigenvalue weighted by Crippen LogP contribution is -2.36. The van der Waals surface area contributed by atoms with Gasteiger partial charge in [0.1, 0.15) is 10.7 Å². The lowest BCUT2D eigenvalue weighted by molar-refractivity contribution is 0.0981. The lowest BCUT2D eigenvalue weighted by atomic mass is 10.1. The van der Waals surface area contributed by atoms with Crippen LogP contribution >= 0.6 is 0 Å². The molecule has 1 amide bonds. The van der Waals surface area contributed by atoms with Crippen molar-refractivity contribution in [2.45, 2.75) is 38.1 Å². The minimum Gasteiger partial charge on any atom is -0.305 e. The molecule has 0 aromatic heterocycles. The quantitative estimate of drug-likeness (QED) is 0.786. The Hall–Kier alpha value is -2.25. The molecule has 0 N–H and O–H groups in total. The van der Waals surface area contributed by atoms with Crippen molar-refractivity contribution in [3.05, 3.63) is 59.4 Å². The van der Waals surface area contributed by atoms with E-state index in [1.54, 1.807) is 18.7 Å². The molecule has 2 aromatic rings. The molecule has 1 atom stereocenters. The maximum absolute atomic E-state index is 14.3. The number of halogens is 1. The first-order valence-corrected chi connectivity index (χ1v) is 10.5. The van der Waals surface area contributed by atoms with Crippen molar-refractivity contribution in [1.29, 1.82) is 0 Å². The maximum atomic E-state index is 14.3. The van der Waals surface area contributed by atoms with Gasteiger partial charge in [0, 0.05) is 30.4 Å². The van der Waals surface area contributed by atoms with E-state index < -0.39 is 20.7 Å². The molecule has 3 rings (SSSR count). The Balaban J connectivity index is 2.03. The van der Waals surface area contributed by atoms with Crippen molar-refractivity contribution >= 4 is 21.6 Å². The molecule has 0 bridgehead atoms. The number of benzene rings is 2. The van der Waals surface area contributed by atoms with Crippen LogP contribution in [0.5, 0.6) is 0 Å². The zero-order valence-corrected chi connectivity index (χ0v) is 16.5. The van der Waals surface area contributed by atoms with Crippen LogP contribution in [0.4, 0.5) is 10.1 Å². The fourth-order valence-electron chi connectivity index (χ4n) is 3.55. The molecule has 0 aliphatic carbocycles. The molecule has 2 aromatic carbocycles. The molecule has 7 heteroatoms. The zero-order chi connectivity index (χ0) is 19.8. The Morgan fingerprint density at radius 2 is 1.85 bits per heavy atom. The molecule has 0 saturated carbocycles. The van der Waals surface area contributed by atoms with Crippen molar-refractivity contribution in [3.8, 4) is 0 Å². The number of sulfonamides is 1. The summed E-state index contributed by atoms with van der Waals surface area (Å²) in [5.74, 6) is -1.18. The van der Waals surface area contributed by atoms with E-state index in [1.807, 2.05) is 31.2 Å². The summed E-state index contributed by atoms with van der Waals surface area (Å²) in [6.45, 7) is 5.78. The monoisotopic (exact) mass is 390 g/mol. The van der Waals surface area contributed by atoms with Crippen LogP contribution in [0.15, 0.2) is 47.4 Å². The number of fused-ring (bicyclic) bond motifs is 1. The van der Waals surface area contributed by atoms with Crippen LogP contribution in [0.2, 0.25) is 0 Å². The van der Waals surface area contributed by atoms with Crippen LogP contribution in [0.25, 0.3) is 0 Å².